The van der Waals surface area contributed by atoms with Gasteiger partial charge < -0.3 is 30.6 Å². The average Bonchev–Trinajstić information content (AvgIpc) is 3.86. The first kappa shape index (κ1) is 38.1. The van der Waals surface area contributed by atoms with Gasteiger partial charge in [0.15, 0.2) is 10.8 Å². The second-order valence-electron chi connectivity index (χ2n) is 13.4. The van der Waals surface area contributed by atoms with Gasteiger partial charge >= 0.3 is 5.97 Å². The topological polar surface area (TPSA) is 190 Å². The summed E-state index contributed by atoms with van der Waals surface area (Å²) in [6, 6.07) is 30.7. The van der Waals surface area contributed by atoms with Gasteiger partial charge in [0.25, 0.3) is 17.7 Å². The van der Waals surface area contributed by atoms with E-state index in [1.54, 1.807) is 28.5 Å². The lowest BCUT2D eigenvalue weighted by Crippen LogP contribution is -2.71. The van der Waals surface area contributed by atoms with Crippen LogP contribution in [0.5, 0.6) is 5.88 Å². The van der Waals surface area contributed by atoms with Crippen molar-refractivity contribution in [2.75, 3.05) is 30.0 Å². The summed E-state index contributed by atoms with van der Waals surface area (Å²) in [7, 11) is 1.50. The standard InChI is InChI=1S/C42H35N7O7S2/c1-55-32-18-17-30(22-44-32)48-20-19-25(37(48)51)21-26-23-57-39-34(38(52)49(39)35(26)40(53)54)46-36(50)33(31-24-58-41(43)45-31)47-56-42(27-11-5-2-6-12-27,28-13-7-3-8-14-28)29-15-9-4-10-16-29/h2-18,21-22,24,34,39H,19-20,23H2,1H3,(H2,43,45)(H,46,50)(H,53,54)/b25-21+,47-33-/t34-,39-/m1/s1. The molecule has 16 heteroatoms. The Kier molecular flexibility index (Phi) is 10.5. The number of hydrogen-bond donors (Lipinski definition) is 3. The number of methoxy groups -OCH3 is 1. The minimum Gasteiger partial charge on any atom is -0.481 e. The molecule has 0 radical (unpaired) electrons. The third kappa shape index (κ3) is 6.96. The van der Waals surface area contributed by atoms with Crippen LogP contribution in [-0.2, 0) is 29.6 Å². The number of nitrogens with one attached hydrogen (secondary N) is 1. The Morgan fingerprint density at radius 3 is 2.14 bits per heavy atom. The zero-order valence-corrected chi connectivity index (χ0v) is 32.5. The van der Waals surface area contributed by atoms with E-state index in [-0.39, 0.29) is 33.9 Å². The number of thioether (sulfide) groups is 1. The molecule has 3 aromatic carbocycles. The highest BCUT2D eigenvalue weighted by Crippen LogP contribution is 2.43. The van der Waals surface area contributed by atoms with Crippen LogP contribution in [0.15, 0.2) is 143 Å². The first-order chi connectivity index (χ1) is 28.2. The normalized spacial score (nSPS) is 18.8. The Morgan fingerprint density at radius 1 is 0.966 bits per heavy atom. The van der Waals surface area contributed by atoms with E-state index in [4.69, 9.17) is 15.3 Å². The fraction of sp³-hybridized carbons (Fsp3) is 0.167. The Hall–Kier alpha value is -6.78. The number of pyridine rings is 1. The van der Waals surface area contributed by atoms with Gasteiger partial charge in [-0.05, 0) is 24.1 Å². The maximum atomic E-state index is 14.3. The molecular weight excluding hydrogens is 779 g/mol. The predicted octanol–water partition coefficient (Wildman–Crippen LogP) is 4.94. The third-order valence-electron chi connectivity index (χ3n) is 10.00. The molecule has 5 heterocycles. The lowest BCUT2D eigenvalue weighted by atomic mass is 9.80. The number of hydrogen-bond acceptors (Lipinski definition) is 12. The molecule has 3 aliphatic rings. The van der Waals surface area contributed by atoms with Crippen molar-refractivity contribution in [3.8, 4) is 5.88 Å². The number of β-lactam (4-membered cyclic amide) rings is 1. The summed E-state index contributed by atoms with van der Waals surface area (Å²) in [5, 5.41) is 18.6. The number of aliphatic carboxylic acids is 1. The summed E-state index contributed by atoms with van der Waals surface area (Å²) in [6.07, 6.45) is 3.46. The number of ether oxygens (including phenoxy) is 1. The van der Waals surface area contributed by atoms with E-state index in [0.717, 1.165) is 32.9 Å². The molecular formula is C42H35N7O7S2. The number of allylic oxidation sites excluding steroid dienone is 1. The van der Waals surface area contributed by atoms with Crippen LogP contribution in [0.1, 0.15) is 28.8 Å². The molecule has 8 rings (SSSR count). The van der Waals surface area contributed by atoms with Crippen LogP contribution in [0.4, 0.5) is 10.8 Å². The zero-order chi connectivity index (χ0) is 40.4. The van der Waals surface area contributed by atoms with Crippen LogP contribution in [0.2, 0.25) is 0 Å². The number of aromatic nitrogens is 2. The van der Waals surface area contributed by atoms with Gasteiger partial charge in [0.2, 0.25) is 11.5 Å². The van der Waals surface area contributed by atoms with Crippen molar-refractivity contribution in [2.24, 2.45) is 5.16 Å². The maximum Gasteiger partial charge on any atom is 0.352 e. The summed E-state index contributed by atoms with van der Waals surface area (Å²) in [4.78, 5) is 72.0. The number of rotatable bonds is 12. The Morgan fingerprint density at radius 2 is 1.60 bits per heavy atom. The molecule has 3 aliphatic heterocycles. The molecule has 3 amide bonds. The first-order valence-electron chi connectivity index (χ1n) is 18.1. The molecule has 5 aromatic rings. The quantitative estimate of drug-likeness (QED) is 0.0509. The van der Waals surface area contributed by atoms with Crippen molar-refractivity contribution < 1.29 is 33.9 Å². The highest BCUT2D eigenvalue weighted by molar-refractivity contribution is 8.00. The summed E-state index contributed by atoms with van der Waals surface area (Å²) < 4.78 is 5.11. The summed E-state index contributed by atoms with van der Waals surface area (Å²) in [5.41, 5.74) is 7.85. The number of carboxylic acid groups (broad SMARTS) is 1. The number of nitrogens with two attached hydrogens (primary N) is 1. The van der Waals surface area contributed by atoms with Gasteiger partial charge in [0, 0.05) is 46.0 Å². The number of carbonyl (C=O) groups excluding carboxylic acids is 3. The number of carboxylic acids is 1. The minimum atomic E-state index is -1.33. The lowest BCUT2D eigenvalue weighted by Gasteiger charge is -2.49. The molecule has 0 bridgehead atoms. The van der Waals surface area contributed by atoms with Gasteiger partial charge in [-0.2, -0.15) is 0 Å². The Bertz CT molecular complexity index is 2380. The zero-order valence-electron chi connectivity index (χ0n) is 30.8. The molecule has 58 heavy (non-hydrogen) atoms. The molecule has 0 aliphatic carbocycles. The van der Waals surface area contributed by atoms with Crippen LogP contribution in [-0.4, -0.2) is 80.2 Å². The van der Waals surface area contributed by atoms with Crippen LogP contribution >= 0.6 is 23.1 Å². The van der Waals surface area contributed by atoms with Crippen molar-refractivity contribution >= 4 is 63.3 Å². The van der Waals surface area contributed by atoms with Crippen LogP contribution in [0.25, 0.3) is 0 Å². The molecule has 14 nitrogen and oxygen atoms in total. The third-order valence-corrected chi connectivity index (χ3v) is 12.0. The van der Waals surface area contributed by atoms with Crippen molar-refractivity contribution in [3.63, 3.8) is 0 Å². The van der Waals surface area contributed by atoms with Gasteiger partial charge in [-0.25, -0.2) is 14.8 Å². The molecule has 292 valence electrons. The molecule has 2 atom stereocenters. The molecule has 0 spiro atoms. The number of nitrogen functional groups attached to an aromatic ring is 1. The summed E-state index contributed by atoms with van der Waals surface area (Å²) >= 11 is 2.38. The molecule has 0 unspecified atom stereocenters. The molecule has 2 saturated heterocycles. The SMILES string of the molecule is COc1ccc(N2CC/C(=C\C3=C(C(=O)O)N4C(=O)[C@@H](NC(=O)/C(=N\OC(c5ccccc5)(c5ccccc5)c5ccccc5)c5csc(N)n5)[C@H]4SC3)C2=O)cn1. The number of thiazole rings is 1. The van der Waals surface area contributed by atoms with E-state index in [9.17, 15) is 24.3 Å². The van der Waals surface area contributed by atoms with Crippen LogP contribution in [0.3, 0.4) is 0 Å². The lowest BCUT2D eigenvalue weighted by molar-refractivity contribution is -0.150. The Balaban J connectivity index is 1.08. The average molecular weight is 814 g/mol. The number of benzene rings is 3. The maximum absolute atomic E-state index is 14.3. The van der Waals surface area contributed by atoms with Gasteiger partial charge in [0.1, 0.15) is 22.8 Å². The van der Waals surface area contributed by atoms with E-state index in [1.165, 1.54) is 25.1 Å². The number of nitrogens with zero attached hydrogens (tertiary/aromatic N) is 5. The van der Waals surface area contributed by atoms with E-state index < -0.39 is 34.8 Å². The first-order valence-corrected chi connectivity index (χ1v) is 20.0. The van der Waals surface area contributed by atoms with Crippen molar-refractivity contribution in [1.29, 1.82) is 0 Å². The van der Waals surface area contributed by atoms with E-state index in [1.807, 2.05) is 91.0 Å². The second-order valence-corrected chi connectivity index (χ2v) is 15.4. The monoisotopic (exact) mass is 813 g/mol. The highest BCUT2D eigenvalue weighted by atomic mass is 32.2. The van der Waals surface area contributed by atoms with E-state index >= 15 is 0 Å². The molecule has 2 fully saturated rings. The number of oxime groups is 1. The number of amides is 3. The molecule has 0 saturated carbocycles. The summed E-state index contributed by atoms with van der Waals surface area (Å²) in [6.45, 7) is 0.377. The Labute approximate surface area is 340 Å². The highest BCUT2D eigenvalue weighted by Gasteiger charge is 2.54. The fourth-order valence-corrected chi connectivity index (χ4v) is 9.07. The van der Waals surface area contributed by atoms with Crippen LogP contribution < -0.4 is 20.7 Å². The number of fused-ring (bicyclic) bond motifs is 1. The van der Waals surface area contributed by atoms with Crippen molar-refractivity contribution in [3.05, 3.63) is 160 Å². The largest absolute Gasteiger partial charge is 0.481 e. The van der Waals surface area contributed by atoms with E-state index in [0.29, 0.717) is 35.7 Å². The summed E-state index contributed by atoms with van der Waals surface area (Å²) in [5.74, 6) is -2.44. The fourth-order valence-electron chi connectivity index (χ4n) is 7.21. The number of anilines is 2. The van der Waals surface area contributed by atoms with Gasteiger partial charge in [0.05, 0.1) is 19.0 Å². The molecule has 2 aromatic heterocycles. The van der Waals surface area contributed by atoms with Crippen molar-refractivity contribution in [1.82, 2.24) is 20.2 Å². The predicted molar refractivity (Wildman–Crippen MR) is 219 cm³/mol. The second kappa shape index (κ2) is 16.0. The number of carbonyl (C=O) groups is 4. The minimum absolute atomic E-state index is 0.128. The van der Waals surface area contributed by atoms with Gasteiger partial charge in [-0.3, -0.25) is 19.3 Å². The van der Waals surface area contributed by atoms with Gasteiger partial charge in [-0.15, -0.1) is 23.1 Å². The van der Waals surface area contributed by atoms with Crippen molar-refractivity contribution in [2.45, 2.75) is 23.4 Å². The van der Waals surface area contributed by atoms with E-state index in [2.05, 4.69) is 20.4 Å². The van der Waals surface area contributed by atoms with Crippen LogP contribution in [0, 0.1) is 0 Å². The van der Waals surface area contributed by atoms with Gasteiger partial charge in [-0.1, -0.05) is 96.2 Å². The molecule has 4 N–H and O–H groups in total. The smallest absolute Gasteiger partial charge is 0.352 e.